The van der Waals surface area contributed by atoms with Gasteiger partial charge in [0.05, 0.1) is 6.54 Å². The van der Waals surface area contributed by atoms with Crippen molar-refractivity contribution in [3.05, 3.63) is 29.3 Å². The third kappa shape index (κ3) is 3.27. The normalized spacial score (nSPS) is 16.1. The van der Waals surface area contributed by atoms with Gasteiger partial charge in [-0.1, -0.05) is 0 Å². The van der Waals surface area contributed by atoms with Crippen molar-refractivity contribution in [1.82, 2.24) is 4.90 Å². The smallest absolute Gasteiger partial charge is 0.317 e. The van der Waals surface area contributed by atoms with E-state index in [0.29, 0.717) is 5.56 Å². The number of aryl methyl sites for hydroxylation is 1. The number of carboxylic acid groups (broad SMARTS) is 1. The summed E-state index contributed by atoms with van der Waals surface area (Å²) in [6, 6.07) is 5.59. The lowest BCUT2D eigenvalue weighted by Crippen LogP contribution is -2.48. The molecule has 1 aromatic carbocycles. The van der Waals surface area contributed by atoms with Gasteiger partial charge >= 0.3 is 5.97 Å². The second-order valence-corrected chi connectivity index (χ2v) is 5.02. The SMILES string of the molecule is Cc1cc(N2CCN(CC(=O)O)CC2)ccc1C(N)=O. The fourth-order valence-electron chi connectivity index (χ4n) is 2.48. The van der Waals surface area contributed by atoms with Crippen LogP contribution < -0.4 is 10.6 Å². The summed E-state index contributed by atoms with van der Waals surface area (Å²) in [4.78, 5) is 26.0. The molecule has 0 radical (unpaired) electrons. The minimum absolute atomic E-state index is 0.0908. The summed E-state index contributed by atoms with van der Waals surface area (Å²) in [6.45, 7) is 4.97. The van der Waals surface area contributed by atoms with Gasteiger partial charge in [-0.15, -0.1) is 0 Å². The first kappa shape index (κ1) is 14.3. The Morgan fingerprint density at radius 2 is 1.90 bits per heavy atom. The van der Waals surface area contributed by atoms with Gasteiger partial charge in [0.2, 0.25) is 5.91 Å². The van der Waals surface area contributed by atoms with Crippen LogP contribution in [0.15, 0.2) is 18.2 Å². The van der Waals surface area contributed by atoms with Crippen LogP contribution in [0.3, 0.4) is 0 Å². The highest BCUT2D eigenvalue weighted by molar-refractivity contribution is 5.94. The Balaban J connectivity index is 2.02. The van der Waals surface area contributed by atoms with Crippen LogP contribution in [0.5, 0.6) is 0 Å². The van der Waals surface area contributed by atoms with Crippen LogP contribution in [0, 0.1) is 6.92 Å². The lowest BCUT2D eigenvalue weighted by atomic mass is 10.1. The third-order valence-electron chi connectivity index (χ3n) is 3.57. The average Bonchev–Trinajstić information content (AvgIpc) is 2.38. The lowest BCUT2D eigenvalue weighted by Gasteiger charge is -2.35. The van der Waals surface area contributed by atoms with E-state index in [9.17, 15) is 9.59 Å². The molecule has 20 heavy (non-hydrogen) atoms. The molecule has 1 aliphatic heterocycles. The quantitative estimate of drug-likeness (QED) is 0.826. The van der Waals surface area contributed by atoms with Crippen LogP contribution in [0.2, 0.25) is 0 Å². The van der Waals surface area contributed by atoms with Gasteiger partial charge in [-0.2, -0.15) is 0 Å². The fourth-order valence-corrected chi connectivity index (χ4v) is 2.48. The first-order chi connectivity index (χ1) is 9.47. The number of nitrogens with two attached hydrogens (primary N) is 1. The maximum atomic E-state index is 11.2. The van der Waals surface area contributed by atoms with Gasteiger partial charge in [-0.25, -0.2) is 0 Å². The van der Waals surface area contributed by atoms with E-state index in [2.05, 4.69) is 4.90 Å². The monoisotopic (exact) mass is 277 g/mol. The molecular weight excluding hydrogens is 258 g/mol. The van der Waals surface area contributed by atoms with Crippen molar-refractivity contribution < 1.29 is 14.7 Å². The molecule has 0 atom stereocenters. The van der Waals surface area contributed by atoms with E-state index < -0.39 is 11.9 Å². The fraction of sp³-hybridized carbons (Fsp3) is 0.429. The van der Waals surface area contributed by atoms with Crippen molar-refractivity contribution in [1.29, 1.82) is 0 Å². The van der Waals surface area contributed by atoms with E-state index in [-0.39, 0.29) is 6.54 Å². The number of nitrogens with zero attached hydrogens (tertiary/aromatic N) is 2. The zero-order valence-corrected chi connectivity index (χ0v) is 11.5. The molecule has 1 amide bonds. The maximum absolute atomic E-state index is 11.2. The van der Waals surface area contributed by atoms with E-state index in [1.807, 2.05) is 24.0 Å². The number of carbonyl (C=O) groups excluding carboxylic acids is 1. The molecule has 0 aliphatic carbocycles. The molecule has 6 nitrogen and oxygen atoms in total. The van der Waals surface area contributed by atoms with Gasteiger partial charge in [-0.05, 0) is 30.7 Å². The number of amides is 1. The molecular formula is C14H19N3O3. The summed E-state index contributed by atoms with van der Waals surface area (Å²) in [7, 11) is 0. The first-order valence-corrected chi connectivity index (χ1v) is 6.57. The number of hydrogen-bond acceptors (Lipinski definition) is 4. The van der Waals surface area contributed by atoms with Gasteiger partial charge in [-0.3, -0.25) is 14.5 Å². The maximum Gasteiger partial charge on any atom is 0.317 e. The molecule has 6 heteroatoms. The Morgan fingerprint density at radius 3 is 2.40 bits per heavy atom. The van der Waals surface area contributed by atoms with Crippen molar-refractivity contribution in [2.75, 3.05) is 37.6 Å². The number of hydrogen-bond donors (Lipinski definition) is 2. The number of piperazine rings is 1. The Bertz CT molecular complexity index is 522. The van der Waals surface area contributed by atoms with E-state index in [1.54, 1.807) is 6.07 Å². The Morgan fingerprint density at radius 1 is 1.25 bits per heavy atom. The molecule has 0 spiro atoms. The predicted octanol–water partition coefficient (Wildman–Crippen LogP) is 0.301. The highest BCUT2D eigenvalue weighted by atomic mass is 16.4. The van der Waals surface area contributed by atoms with Crippen LogP contribution in [-0.4, -0.2) is 54.6 Å². The predicted molar refractivity (Wildman–Crippen MR) is 76.0 cm³/mol. The highest BCUT2D eigenvalue weighted by Crippen LogP contribution is 2.20. The van der Waals surface area contributed by atoms with Crippen molar-refractivity contribution in [3.63, 3.8) is 0 Å². The second kappa shape index (κ2) is 5.92. The van der Waals surface area contributed by atoms with Crippen molar-refractivity contribution in [2.45, 2.75) is 6.92 Å². The molecule has 0 unspecified atom stereocenters. The zero-order valence-electron chi connectivity index (χ0n) is 11.5. The molecule has 3 N–H and O–H groups in total. The Kier molecular flexibility index (Phi) is 4.24. The van der Waals surface area contributed by atoms with Crippen molar-refractivity contribution >= 4 is 17.6 Å². The molecule has 0 bridgehead atoms. The number of primary amides is 1. The highest BCUT2D eigenvalue weighted by Gasteiger charge is 2.19. The number of rotatable bonds is 4. The van der Waals surface area contributed by atoms with Crippen molar-refractivity contribution in [3.8, 4) is 0 Å². The van der Waals surface area contributed by atoms with E-state index in [4.69, 9.17) is 10.8 Å². The summed E-state index contributed by atoms with van der Waals surface area (Å²) in [5.41, 5.74) is 7.74. The van der Waals surface area contributed by atoms with Crippen molar-refractivity contribution in [2.24, 2.45) is 5.73 Å². The number of carboxylic acids is 1. The molecule has 0 saturated carbocycles. The largest absolute Gasteiger partial charge is 0.480 e. The molecule has 0 aromatic heterocycles. The number of anilines is 1. The average molecular weight is 277 g/mol. The van der Waals surface area contributed by atoms with Crippen LogP contribution in [0.4, 0.5) is 5.69 Å². The summed E-state index contributed by atoms with van der Waals surface area (Å²) >= 11 is 0. The molecule has 1 saturated heterocycles. The molecule has 2 rings (SSSR count). The van der Waals surface area contributed by atoms with E-state index in [0.717, 1.165) is 37.4 Å². The molecule has 1 fully saturated rings. The van der Waals surface area contributed by atoms with Crippen LogP contribution in [0.25, 0.3) is 0 Å². The third-order valence-corrected chi connectivity index (χ3v) is 3.57. The summed E-state index contributed by atoms with van der Waals surface area (Å²) in [5.74, 6) is -1.21. The van der Waals surface area contributed by atoms with Gasteiger partial charge in [0.1, 0.15) is 0 Å². The molecule has 1 aliphatic rings. The summed E-state index contributed by atoms with van der Waals surface area (Å²) in [5, 5.41) is 8.77. The standard InChI is InChI=1S/C14H19N3O3/c1-10-8-11(2-3-12(10)14(15)20)17-6-4-16(5-7-17)9-13(18)19/h2-3,8H,4-7,9H2,1H3,(H2,15,20)(H,18,19). The summed E-state index contributed by atoms with van der Waals surface area (Å²) < 4.78 is 0. The van der Waals surface area contributed by atoms with Gasteiger partial charge in [0.15, 0.2) is 0 Å². The molecule has 108 valence electrons. The second-order valence-electron chi connectivity index (χ2n) is 5.02. The van der Waals surface area contributed by atoms with E-state index >= 15 is 0 Å². The minimum atomic E-state index is -0.792. The van der Waals surface area contributed by atoms with Gasteiger partial charge < -0.3 is 15.7 Å². The van der Waals surface area contributed by atoms with Crippen LogP contribution >= 0.6 is 0 Å². The first-order valence-electron chi connectivity index (χ1n) is 6.57. The Labute approximate surface area is 117 Å². The zero-order chi connectivity index (χ0) is 14.7. The number of carbonyl (C=O) groups is 2. The molecule has 1 heterocycles. The van der Waals surface area contributed by atoms with Gasteiger partial charge in [0, 0.05) is 37.4 Å². The summed E-state index contributed by atoms with van der Waals surface area (Å²) in [6.07, 6.45) is 0. The topological polar surface area (TPSA) is 86.9 Å². The van der Waals surface area contributed by atoms with E-state index in [1.165, 1.54) is 0 Å². The van der Waals surface area contributed by atoms with Gasteiger partial charge in [0.25, 0.3) is 0 Å². The number of benzene rings is 1. The number of aliphatic carboxylic acids is 1. The van der Waals surface area contributed by atoms with Crippen LogP contribution in [0.1, 0.15) is 15.9 Å². The van der Waals surface area contributed by atoms with Crippen LogP contribution in [-0.2, 0) is 4.79 Å². The minimum Gasteiger partial charge on any atom is -0.480 e. The lowest BCUT2D eigenvalue weighted by molar-refractivity contribution is -0.138. The molecule has 1 aromatic rings. The Hall–Kier alpha value is -2.08.